The molecule has 0 aromatic carbocycles. The summed E-state index contributed by atoms with van der Waals surface area (Å²) in [6.07, 6.45) is 7.39. The SMILES string of the molecule is CCC1CNCCC1C1CCC1. The molecule has 1 saturated heterocycles. The van der Waals surface area contributed by atoms with Gasteiger partial charge in [-0.05, 0) is 37.3 Å². The second kappa shape index (κ2) is 3.78. The Labute approximate surface area is 75.9 Å². The molecule has 2 rings (SSSR count). The lowest BCUT2D eigenvalue weighted by atomic mass is 9.67. The van der Waals surface area contributed by atoms with Gasteiger partial charge in [0.1, 0.15) is 0 Å². The van der Waals surface area contributed by atoms with Crippen LogP contribution in [0.3, 0.4) is 0 Å². The zero-order chi connectivity index (χ0) is 8.39. The van der Waals surface area contributed by atoms with Gasteiger partial charge in [0, 0.05) is 0 Å². The van der Waals surface area contributed by atoms with E-state index in [1.807, 2.05) is 0 Å². The molecule has 1 aliphatic heterocycles. The number of hydrogen-bond donors (Lipinski definition) is 1. The molecule has 2 aliphatic rings. The molecule has 1 saturated carbocycles. The molecular weight excluding hydrogens is 146 g/mol. The predicted molar refractivity (Wildman–Crippen MR) is 52.1 cm³/mol. The molecule has 1 nitrogen and oxygen atoms in total. The number of piperidine rings is 1. The van der Waals surface area contributed by atoms with Crippen molar-refractivity contribution < 1.29 is 0 Å². The second-order valence-electron chi connectivity index (χ2n) is 4.52. The molecule has 70 valence electrons. The van der Waals surface area contributed by atoms with Gasteiger partial charge in [-0.15, -0.1) is 0 Å². The van der Waals surface area contributed by atoms with E-state index < -0.39 is 0 Å². The maximum atomic E-state index is 3.52. The maximum absolute atomic E-state index is 3.52. The molecule has 0 radical (unpaired) electrons. The van der Waals surface area contributed by atoms with Crippen molar-refractivity contribution in [1.82, 2.24) is 5.32 Å². The lowest BCUT2D eigenvalue weighted by Gasteiger charge is -2.41. The quantitative estimate of drug-likeness (QED) is 0.666. The van der Waals surface area contributed by atoms with Crippen LogP contribution in [0.1, 0.15) is 39.0 Å². The fraction of sp³-hybridized carbons (Fsp3) is 1.00. The lowest BCUT2D eigenvalue weighted by molar-refractivity contribution is 0.109. The molecule has 2 atom stereocenters. The van der Waals surface area contributed by atoms with E-state index in [2.05, 4.69) is 12.2 Å². The largest absolute Gasteiger partial charge is 0.316 e. The van der Waals surface area contributed by atoms with Crippen molar-refractivity contribution in [1.29, 1.82) is 0 Å². The van der Waals surface area contributed by atoms with Crippen LogP contribution in [0, 0.1) is 17.8 Å². The minimum atomic E-state index is 0.990. The van der Waals surface area contributed by atoms with Crippen LogP contribution >= 0.6 is 0 Å². The lowest BCUT2D eigenvalue weighted by Crippen LogP contribution is -2.41. The fourth-order valence-corrected chi connectivity index (χ4v) is 2.88. The Hall–Kier alpha value is -0.0400. The van der Waals surface area contributed by atoms with Gasteiger partial charge in [-0.25, -0.2) is 0 Å². The highest BCUT2D eigenvalue weighted by molar-refractivity contribution is 4.86. The Kier molecular flexibility index (Phi) is 2.69. The molecule has 12 heavy (non-hydrogen) atoms. The van der Waals surface area contributed by atoms with E-state index in [0.717, 1.165) is 17.8 Å². The third-order valence-corrected chi connectivity index (χ3v) is 3.95. The Morgan fingerprint density at radius 1 is 1.25 bits per heavy atom. The smallest absolute Gasteiger partial charge is 0.00179 e. The van der Waals surface area contributed by atoms with E-state index >= 15 is 0 Å². The van der Waals surface area contributed by atoms with Crippen LogP contribution in [0.2, 0.25) is 0 Å². The average molecular weight is 167 g/mol. The van der Waals surface area contributed by atoms with Crippen molar-refractivity contribution in [2.45, 2.75) is 39.0 Å². The molecule has 1 heterocycles. The number of nitrogens with one attached hydrogen (secondary N) is 1. The van der Waals surface area contributed by atoms with Crippen LogP contribution in [-0.2, 0) is 0 Å². The summed E-state index contributed by atoms with van der Waals surface area (Å²) in [4.78, 5) is 0. The van der Waals surface area contributed by atoms with Gasteiger partial charge in [0.2, 0.25) is 0 Å². The van der Waals surface area contributed by atoms with Gasteiger partial charge in [-0.1, -0.05) is 32.6 Å². The van der Waals surface area contributed by atoms with Crippen LogP contribution in [0.25, 0.3) is 0 Å². The minimum Gasteiger partial charge on any atom is -0.316 e. The first-order chi connectivity index (χ1) is 5.92. The zero-order valence-electron chi connectivity index (χ0n) is 8.18. The standard InChI is InChI=1S/C11H21N/c1-2-9-8-12-7-6-11(9)10-4-3-5-10/h9-12H,2-8H2,1H3. The fourth-order valence-electron chi connectivity index (χ4n) is 2.88. The van der Waals surface area contributed by atoms with Gasteiger partial charge >= 0.3 is 0 Å². The zero-order valence-corrected chi connectivity index (χ0v) is 8.18. The van der Waals surface area contributed by atoms with Gasteiger partial charge in [0.05, 0.1) is 0 Å². The topological polar surface area (TPSA) is 12.0 Å². The van der Waals surface area contributed by atoms with Crippen molar-refractivity contribution in [2.24, 2.45) is 17.8 Å². The Morgan fingerprint density at radius 2 is 2.08 bits per heavy atom. The Balaban J connectivity index is 1.90. The van der Waals surface area contributed by atoms with Gasteiger partial charge in [0.25, 0.3) is 0 Å². The van der Waals surface area contributed by atoms with E-state index in [0.29, 0.717) is 0 Å². The molecule has 0 amide bonds. The van der Waals surface area contributed by atoms with Gasteiger partial charge in [0.15, 0.2) is 0 Å². The van der Waals surface area contributed by atoms with Crippen molar-refractivity contribution in [3.8, 4) is 0 Å². The number of rotatable bonds is 2. The molecular formula is C11H21N. The Morgan fingerprint density at radius 3 is 2.67 bits per heavy atom. The van der Waals surface area contributed by atoms with Crippen molar-refractivity contribution in [3.05, 3.63) is 0 Å². The maximum Gasteiger partial charge on any atom is -0.00179 e. The van der Waals surface area contributed by atoms with Crippen LogP contribution in [0.5, 0.6) is 0 Å². The monoisotopic (exact) mass is 167 g/mol. The summed E-state index contributed by atoms with van der Waals surface area (Å²) < 4.78 is 0. The first-order valence-corrected chi connectivity index (χ1v) is 5.62. The Bertz CT molecular complexity index is 140. The van der Waals surface area contributed by atoms with Gasteiger partial charge in [-0.3, -0.25) is 0 Å². The molecule has 2 unspecified atom stereocenters. The highest BCUT2D eigenvalue weighted by Gasteiger charge is 2.33. The van der Waals surface area contributed by atoms with E-state index in [-0.39, 0.29) is 0 Å². The summed E-state index contributed by atoms with van der Waals surface area (Å²) in [7, 11) is 0. The summed E-state index contributed by atoms with van der Waals surface area (Å²) >= 11 is 0. The summed E-state index contributed by atoms with van der Waals surface area (Å²) in [5, 5.41) is 3.52. The minimum absolute atomic E-state index is 0.990. The highest BCUT2D eigenvalue weighted by atomic mass is 14.9. The van der Waals surface area contributed by atoms with E-state index in [1.54, 1.807) is 0 Å². The summed E-state index contributed by atoms with van der Waals surface area (Å²) in [6.45, 7) is 4.92. The van der Waals surface area contributed by atoms with Gasteiger partial charge < -0.3 is 5.32 Å². The van der Waals surface area contributed by atoms with Crippen LogP contribution < -0.4 is 5.32 Å². The molecule has 1 aliphatic carbocycles. The molecule has 0 aromatic heterocycles. The third-order valence-electron chi connectivity index (χ3n) is 3.95. The third kappa shape index (κ3) is 1.52. The molecule has 0 spiro atoms. The van der Waals surface area contributed by atoms with Crippen molar-refractivity contribution >= 4 is 0 Å². The molecule has 0 aromatic rings. The summed E-state index contributed by atoms with van der Waals surface area (Å²) in [6, 6.07) is 0. The first-order valence-electron chi connectivity index (χ1n) is 5.62. The summed E-state index contributed by atoms with van der Waals surface area (Å²) in [5.74, 6) is 3.17. The predicted octanol–water partition coefficient (Wildman–Crippen LogP) is 2.42. The van der Waals surface area contributed by atoms with Crippen LogP contribution in [-0.4, -0.2) is 13.1 Å². The molecule has 1 heteroatoms. The van der Waals surface area contributed by atoms with E-state index in [1.165, 1.54) is 45.2 Å². The number of hydrogen-bond acceptors (Lipinski definition) is 1. The van der Waals surface area contributed by atoms with E-state index in [4.69, 9.17) is 0 Å². The van der Waals surface area contributed by atoms with Gasteiger partial charge in [-0.2, -0.15) is 0 Å². The summed E-state index contributed by atoms with van der Waals surface area (Å²) in [5.41, 5.74) is 0. The first kappa shape index (κ1) is 8.55. The van der Waals surface area contributed by atoms with E-state index in [9.17, 15) is 0 Å². The van der Waals surface area contributed by atoms with Crippen molar-refractivity contribution in [2.75, 3.05) is 13.1 Å². The molecule has 1 N–H and O–H groups in total. The highest BCUT2D eigenvalue weighted by Crippen LogP contribution is 2.40. The molecule has 0 bridgehead atoms. The van der Waals surface area contributed by atoms with Crippen LogP contribution in [0.15, 0.2) is 0 Å². The normalized spacial score (nSPS) is 37.8. The van der Waals surface area contributed by atoms with Crippen LogP contribution in [0.4, 0.5) is 0 Å². The molecule has 2 fully saturated rings. The van der Waals surface area contributed by atoms with Crippen molar-refractivity contribution in [3.63, 3.8) is 0 Å². The second-order valence-corrected chi connectivity index (χ2v) is 4.52. The average Bonchev–Trinajstić information content (AvgIpc) is 2.02.